The summed E-state index contributed by atoms with van der Waals surface area (Å²) in [4.78, 5) is 33.1. The Hall–Kier alpha value is -3.47. The number of nitrogens with zero attached hydrogens (tertiary/aromatic N) is 1. The molecule has 0 atom stereocenters. The van der Waals surface area contributed by atoms with Gasteiger partial charge in [-0.05, 0) is 56.5 Å². The van der Waals surface area contributed by atoms with Crippen LogP contribution in [0.1, 0.15) is 52.6 Å². The van der Waals surface area contributed by atoms with Crippen molar-refractivity contribution in [2.24, 2.45) is 0 Å². The van der Waals surface area contributed by atoms with Crippen LogP contribution in [-0.2, 0) is 11.2 Å². The maximum absolute atomic E-state index is 12.0. The van der Waals surface area contributed by atoms with E-state index in [4.69, 9.17) is 4.74 Å². The number of carbonyl (C=O) groups excluding carboxylic acids is 3. The Balaban J connectivity index is 0.000000186. The first-order valence-electron chi connectivity index (χ1n) is 9.35. The second kappa shape index (κ2) is 8.27. The van der Waals surface area contributed by atoms with Gasteiger partial charge in [0.2, 0.25) is 0 Å². The predicted octanol–water partition coefficient (Wildman–Crippen LogP) is 5.31. The van der Waals surface area contributed by atoms with Crippen LogP contribution in [0, 0.1) is 0 Å². The van der Waals surface area contributed by atoms with Gasteiger partial charge in [0, 0.05) is 22.7 Å². The van der Waals surface area contributed by atoms with Crippen molar-refractivity contribution in [1.29, 1.82) is 0 Å². The number of aldehydes is 2. The number of aromatic nitrogens is 1. The van der Waals surface area contributed by atoms with Crippen LogP contribution in [0.4, 0.5) is 4.79 Å². The Kier molecular flexibility index (Phi) is 5.78. The Morgan fingerprint density at radius 1 is 1.00 bits per heavy atom. The fraction of sp³-hybridized carbons (Fsp3) is 0.208. The third kappa shape index (κ3) is 4.88. The molecule has 1 heterocycles. The van der Waals surface area contributed by atoms with Crippen molar-refractivity contribution in [3.63, 3.8) is 0 Å². The molecular formula is C24H23NO4. The maximum atomic E-state index is 12.0. The largest absolute Gasteiger partial charge is 0.443 e. The molecule has 0 amide bonds. The molecule has 0 N–H and O–H groups in total. The zero-order chi connectivity index (χ0) is 21.0. The second-order valence-corrected chi connectivity index (χ2v) is 7.78. The molecule has 1 aromatic heterocycles. The van der Waals surface area contributed by atoms with Crippen molar-refractivity contribution in [1.82, 2.24) is 4.57 Å². The molecule has 4 rings (SSSR count). The quantitative estimate of drug-likeness (QED) is 0.558. The topological polar surface area (TPSA) is 65.4 Å². The lowest BCUT2D eigenvalue weighted by molar-refractivity contribution is 0.0544. The standard InChI is InChI=1S/C14H15NO3.C10H8O/c1-14(2,3)18-13(17)15-7-6-11-5-4-10(9-16)8-12(11)15;11-7-8-4-5-9-2-1-3-10(9)6-8/h4-9H,1-3H3;1-2,4-7H,3H2. The number of ether oxygens (including phenoxy) is 1. The monoisotopic (exact) mass is 389 g/mol. The highest BCUT2D eigenvalue weighted by Crippen LogP contribution is 2.20. The fourth-order valence-electron chi connectivity index (χ4n) is 3.04. The molecule has 3 aromatic rings. The van der Waals surface area contributed by atoms with E-state index in [1.165, 1.54) is 15.7 Å². The molecule has 0 aliphatic heterocycles. The van der Waals surface area contributed by atoms with Crippen molar-refractivity contribution in [3.8, 4) is 0 Å². The van der Waals surface area contributed by atoms with E-state index < -0.39 is 11.7 Å². The Labute approximate surface area is 169 Å². The molecule has 0 spiro atoms. The summed E-state index contributed by atoms with van der Waals surface area (Å²) < 4.78 is 6.71. The van der Waals surface area contributed by atoms with Crippen molar-refractivity contribution in [3.05, 3.63) is 77.0 Å². The minimum atomic E-state index is -0.546. The third-order valence-corrected chi connectivity index (χ3v) is 4.38. The summed E-state index contributed by atoms with van der Waals surface area (Å²) in [5, 5.41) is 0.895. The summed E-state index contributed by atoms with van der Waals surface area (Å²) in [5.74, 6) is 0. The molecule has 0 unspecified atom stereocenters. The molecule has 1 aliphatic carbocycles. The first kappa shape index (κ1) is 20.3. The van der Waals surface area contributed by atoms with E-state index in [1.807, 2.05) is 45.0 Å². The van der Waals surface area contributed by atoms with Gasteiger partial charge in [-0.1, -0.05) is 36.4 Å². The van der Waals surface area contributed by atoms with Crippen molar-refractivity contribution in [2.75, 3.05) is 0 Å². The highest BCUT2D eigenvalue weighted by Gasteiger charge is 2.18. The molecule has 5 heteroatoms. The van der Waals surface area contributed by atoms with Gasteiger partial charge in [0.25, 0.3) is 0 Å². The van der Waals surface area contributed by atoms with Crippen molar-refractivity contribution >= 4 is 35.6 Å². The van der Waals surface area contributed by atoms with Gasteiger partial charge in [0.05, 0.1) is 5.52 Å². The number of hydrogen-bond donors (Lipinski definition) is 0. The van der Waals surface area contributed by atoms with Gasteiger partial charge in [-0.15, -0.1) is 0 Å². The highest BCUT2D eigenvalue weighted by molar-refractivity contribution is 5.93. The molecule has 148 valence electrons. The number of fused-ring (bicyclic) bond motifs is 2. The second-order valence-electron chi connectivity index (χ2n) is 7.78. The van der Waals surface area contributed by atoms with E-state index in [-0.39, 0.29) is 0 Å². The van der Waals surface area contributed by atoms with Gasteiger partial charge in [-0.3, -0.25) is 14.2 Å². The summed E-state index contributed by atoms with van der Waals surface area (Å²) >= 11 is 0. The van der Waals surface area contributed by atoms with Crippen LogP contribution in [0.5, 0.6) is 0 Å². The SMILES string of the molecule is CC(C)(C)OC(=O)n1ccc2ccc(C=O)cc21.O=Cc1ccc2c(c1)CC=C2. The van der Waals surface area contributed by atoms with Crippen LogP contribution in [0.2, 0.25) is 0 Å². The zero-order valence-corrected chi connectivity index (χ0v) is 16.7. The van der Waals surface area contributed by atoms with Gasteiger partial charge < -0.3 is 4.74 Å². The van der Waals surface area contributed by atoms with E-state index in [2.05, 4.69) is 12.2 Å². The Bertz CT molecular complexity index is 1100. The first-order chi connectivity index (χ1) is 13.8. The van der Waals surface area contributed by atoms with E-state index in [0.29, 0.717) is 11.1 Å². The molecule has 1 aliphatic rings. The molecule has 2 aromatic carbocycles. The van der Waals surface area contributed by atoms with Crippen LogP contribution in [0.15, 0.2) is 54.7 Å². The van der Waals surface area contributed by atoms with Gasteiger partial charge in [0.15, 0.2) is 0 Å². The number of benzene rings is 2. The summed E-state index contributed by atoms with van der Waals surface area (Å²) in [6.07, 6.45) is 8.01. The lowest BCUT2D eigenvalue weighted by Crippen LogP contribution is -2.26. The highest BCUT2D eigenvalue weighted by atomic mass is 16.6. The Morgan fingerprint density at radius 3 is 2.38 bits per heavy atom. The number of rotatable bonds is 2. The fourth-order valence-corrected chi connectivity index (χ4v) is 3.04. The van der Waals surface area contributed by atoms with E-state index >= 15 is 0 Å². The smallest absolute Gasteiger partial charge is 0.418 e. The average molecular weight is 389 g/mol. The summed E-state index contributed by atoms with van der Waals surface area (Å²) in [6.45, 7) is 5.44. The van der Waals surface area contributed by atoms with Crippen molar-refractivity contribution in [2.45, 2.75) is 32.8 Å². The summed E-state index contributed by atoms with van der Waals surface area (Å²) in [6, 6.07) is 12.8. The molecule has 5 nitrogen and oxygen atoms in total. The summed E-state index contributed by atoms with van der Waals surface area (Å²) in [7, 11) is 0. The van der Waals surface area contributed by atoms with E-state index in [0.717, 1.165) is 29.9 Å². The van der Waals surface area contributed by atoms with Crippen LogP contribution >= 0.6 is 0 Å². The number of carbonyl (C=O) groups is 3. The van der Waals surface area contributed by atoms with E-state index in [9.17, 15) is 14.4 Å². The van der Waals surface area contributed by atoms with Crippen LogP contribution < -0.4 is 0 Å². The van der Waals surface area contributed by atoms with Gasteiger partial charge >= 0.3 is 6.09 Å². The lowest BCUT2D eigenvalue weighted by atomic mass is 10.1. The van der Waals surface area contributed by atoms with Gasteiger partial charge in [0.1, 0.15) is 18.2 Å². The molecule has 0 radical (unpaired) electrons. The number of hydrogen-bond acceptors (Lipinski definition) is 4. The van der Waals surface area contributed by atoms with Crippen LogP contribution in [0.3, 0.4) is 0 Å². The molecular weight excluding hydrogens is 366 g/mol. The molecule has 0 saturated carbocycles. The normalized spacial score (nSPS) is 12.1. The third-order valence-electron chi connectivity index (χ3n) is 4.38. The predicted molar refractivity (Wildman–Crippen MR) is 114 cm³/mol. The summed E-state index contributed by atoms with van der Waals surface area (Å²) in [5.41, 5.74) is 3.94. The van der Waals surface area contributed by atoms with Crippen LogP contribution in [0.25, 0.3) is 17.0 Å². The van der Waals surface area contributed by atoms with Gasteiger partial charge in [-0.25, -0.2) is 4.79 Å². The van der Waals surface area contributed by atoms with E-state index in [1.54, 1.807) is 24.4 Å². The van der Waals surface area contributed by atoms with Crippen LogP contribution in [-0.4, -0.2) is 28.8 Å². The Morgan fingerprint density at radius 2 is 1.69 bits per heavy atom. The maximum Gasteiger partial charge on any atom is 0.418 e. The molecule has 0 saturated heterocycles. The minimum absolute atomic E-state index is 0.444. The first-order valence-corrected chi connectivity index (χ1v) is 9.35. The molecule has 0 bridgehead atoms. The molecule has 0 fully saturated rings. The molecule has 29 heavy (non-hydrogen) atoms. The van der Waals surface area contributed by atoms with Crippen molar-refractivity contribution < 1.29 is 19.1 Å². The minimum Gasteiger partial charge on any atom is -0.443 e. The zero-order valence-electron chi connectivity index (χ0n) is 16.7. The lowest BCUT2D eigenvalue weighted by Gasteiger charge is -2.19. The van der Waals surface area contributed by atoms with Gasteiger partial charge in [-0.2, -0.15) is 0 Å². The number of allylic oxidation sites excluding steroid dienone is 1. The average Bonchev–Trinajstić information content (AvgIpc) is 3.32.